The van der Waals surface area contributed by atoms with Crippen molar-refractivity contribution >= 4 is 72.2 Å². The molecule has 3 heterocycles. The topological polar surface area (TPSA) is 181 Å². The highest BCUT2D eigenvalue weighted by molar-refractivity contribution is 7.99. The van der Waals surface area contributed by atoms with Crippen LogP contribution in [0.2, 0.25) is 5.02 Å². The second kappa shape index (κ2) is 24.6. The molecule has 4 N–H and O–H groups in total. The van der Waals surface area contributed by atoms with E-state index in [1.54, 1.807) is 12.1 Å². The van der Waals surface area contributed by atoms with Gasteiger partial charge in [-0.2, -0.15) is 13.2 Å². The summed E-state index contributed by atoms with van der Waals surface area (Å²) in [7, 11) is -11.0. The Hall–Kier alpha value is -4.87. The van der Waals surface area contributed by atoms with Crippen LogP contribution in [-0.4, -0.2) is 157 Å². The zero-order valence-electron chi connectivity index (χ0n) is 41.9. The third-order valence-electron chi connectivity index (χ3n) is 14.5. The van der Waals surface area contributed by atoms with E-state index in [1.807, 2.05) is 47.2 Å². The lowest BCUT2D eigenvalue weighted by Crippen LogP contribution is -2.50. The van der Waals surface area contributed by atoms with Crippen molar-refractivity contribution in [2.24, 2.45) is 5.41 Å². The van der Waals surface area contributed by atoms with Crippen molar-refractivity contribution in [2.75, 3.05) is 101 Å². The van der Waals surface area contributed by atoms with E-state index in [0.29, 0.717) is 75.7 Å². The average Bonchev–Trinajstić information content (AvgIpc) is 3.38. The lowest BCUT2D eigenvalue weighted by Gasteiger charge is -2.44. The summed E-state index contributed by atoms with van der Waals surface area (Å²) in [6, 6.07) is 25.5. The number of likely N-dealkylation sites (tertiary alicyclic amines) is 1. The van der Waals surface area contributed by atoms with Gasteiger partial charge in [0, 0.05) is 104 Å². The number of ether oxygens (including phenoxy) is 1. The van der Waals surface area contributed by atoms with Gasteiger partial charge in [0.15, 0.2) is 0 Å². The normalized spacial score (nSPS) is 21.1. The highest BCUT2D eigenvalue weighted by Gasteiger charge is 2.48. The monoisotopic (exact) mass is 1120 g/mol. The number of nitrogens with zero attached hydrogens (tertiary/aromatic N) is 4. The molecule has 8 rings (SSSR count). The Morgan fingerprint density at radius 3 is 2.27 bits per heavy atom. The number of alkyl halides is 3. The summed E-state index contributed by atoms with van der Waals surface area (Å²) in [6.07, 6.45) is 4.03. The van der Waals surface area contributed by atoms with Crippen molar-refractivity contribution in [1.82, 2.24) is 24.7 Å². The Balaban J connectivity index is 0.914. The van der Waals surface area contributed by atoms with Gasteiger partial charge in [-0.3, -0.25) is 14.6 Å². The maximum atomic E-state index is 14.3. The number of carbonyl (C=O) groups is 2. The van der Waals surface area contributed by atoms with Crippen LogP contribution in [0.15, 0.2) is 117 Å². The molecule has 3 atom stereocenters. The van der Waals surface area contributed by atoms with Crippen LogP contribution in [-0.2, 0) is 24.6 Å². The van der Waals surface area contributed by atoms with E-state index in [1.165, 1.54) is 35.0 Å². The molecule has 1 aliphatic carbocycles. The van der Waals surface area contributed by atoms with Crippen molar-refractivity contribution in [1.29, 1.82) is 0 Å². The first-order valence-electron chi connectivity index (χ1n) is 25.3. The van der Waals surface area contributed by atoms with Crippen LogP contribution in [0.5, 0.6) is 0 Å². The van der Waals surface area contributed by atoms with Crippen LogP contribution in [0.25, 0.3) is 5.57 Å². The SMILES string of the molecule is CC1(CN2CCC[C@H](NC(=O)O)C2)CCC(c2ccc(Cl)cc2)=C(CN2CCN(c3ccc(C(=O)NS(=O)(=O)c4ccc(N[C@H](CCN5CCOCC5)CSc5ccccc5)c(S(=O)(=O)C(F)(F)F)c4)cc3)CC2)C1. The number of nitrogens with one attached hydrogen (secondary N) is 3. The van der Waals surface area contributed by atoms with E-state index >= 15 is 0 Å². The van der Waals surface area contributed by atoms with Gasteiger partial charge < -0.3 is 30.3 Å². The fourth-order valence-corrected chi connectivity index (χ4v) is 13.7. The Morgan fingerprint density at radius 2 is 1.59 bits per heavy atom. The number of carbonyl (C=O) groups excluding carboxylic acids is 1. The molecule has 15 nitrogen and oxygen atoms in total. The number of hydrogen-bond donors (Lipinski definition) is 4. The van der Waals surface area contributed by atoms with Gasteiger partial charge in [-0.1, -0.05) is 54.4 Å². The van der Waals surface area contributed by atoms with Gasteiger partial charge in [-0.15, -0.1) is 11.8 Å². The molecule has 22 heteroatoms. The zero-order chi connectivity index (χ0) is 53.4. The van der Waals surface area contributed by atoms with Crippen LogP contribution < -0.4 is 20.3 Å². The van der Waals surface area contributed by atoms with Crippen LogP contribution >= 0.6 is 23.4 Å². The molecule has 4 aromatic carbocycles. The fourth-order valence-electron chi connectivity index (χ4n) is 10.6. The number of halogens is 4. The van der Waals surface area contributed by atoms with Crippen LogP contribution in [0.1, 0.15) is 61.4 Å². The third kappa shape index (κ3) is 15.0. The summed E-state index contributed by atoms with van der Waals surface area (Å²) < 4.78 is 104. The molecule has 406 valence electrons. The van der Waals surface area contributed by atoms with Crippen molar-refractivity contribution in [2.45, 2.75) is 77.7 Å². The van der Waals surface area contributed by atoms with Crippen LogP contribution in [0.3, 0.4) is 0 Å². The second-order valence-corrected chi connectivity index (χ2v) is 25.3. The van der Waals surface area contributed by atoms with Crippen molar-refractivity contribution in [3.8, 4) is 0 Å². The number of benzene rings is 4. The van der Waals surface area contributed by atoms with Crippen molar-refractivity contribution < 1.29 is 49.4 Å². The molecule has 0 bridgehead atoms. The highest BCUT2D eigenvalue weighted by atomic mass is 35.5. The number of hydrogen-bond acceptors (Lipinski definition) is 13. The number of piperazine rings is 1. The minimum atomic E-state index is -6.08. The number of allylic oxidation sites excluding steroid dienone is 1. The molecule has 0 spiro atoms. The maximum Gasteiger partial charge on any atom is 0.501 e. The number of carboxylic acid groups (broad SMARTS) is 1. The van der Waals surface area contributed by atoms with Crippen molar-refractivity contribution in [3.63, 3.8) is 0 Å². The quantitative estimate of drug-likeness (QED) is 0.0656. The number of morpholine rings is 1. The number of sulfonamides is 1. The third-order valence-corrected chi connectivity index (χ3v) is 18.8. The molecule has 3 fully saturated rings. The number of rotatable bonds is 19. The summed E-state index contributed by atoms with van der Waals surface area (Å²) in [6.45, 7) is 11.5. The zero-order valence-corrected chi connectivity index (χ0v) is 45.1. The van der Waals surface area contributed by atoms with Gasteiger partial charge >= 0.3 is 11.6 Å². The van der Waals surface area contributed by atoms with E-state index in [9.17, 15) is 44.7 Å². The van der Waals surface area contributed by atoms with E-state index in [2.05, 4.69) is 49.3 Å². The summed E-state index contributed by atoms with van der Waals surface area (Å²) in [5.41, 5.74) is -1.51. The molecule has 3 aliphatic heterocycles. The lowest BCUT2D eigenvalue weighted by atomic mass is 9.71. The standard InChI is InChI=1S/C53H65ClF3N7O8S3/c1-52(37-63-22-5-6-42(35-63)59-51(66)67)21-19-47(38-9-13-41(54)14-10-38)40(33-52)34-62-24-26-64(27-25-62)44-15-11-39(12-16-44)50(65)60-75(70,71)46-17-18-48(49(32-46)74(68,69)53(55,56)57)58-43(20-23-61-28-30-72-31-29-61)36-73-45-7-3-2-4-8-45/h2-4,7-18,32,42-43,58-59H,5-6,19-31,33-37H2,1H3,(H,60,65)(H,66,67)/t42-,43+,52?/m0/s1. The molecular formula is C53H65ClF3N7O8S3. The fraction of sp³-hybridized carbons (Fsp3) is 0.472. The predicted molar refractivity (Wildman–Crippen MR) is 287 cm³/mol. The summed E-state index contributed by atoms with van der Waals surface area (Å²) in [5, 5.41) is 15.7. The second-order valence-electron chi connectivity index (χ2n) is 20.2. The molecule has 0 saturated carbocycles. The largest absolute Gasteiger partial charge is 0.501 e. The number of anilines is 2. The first kappa shape index (κ1) is 56.3. The van der Waals surface area contributed by atoms with Crippen molar-refractivity contribution in [3.05, 3.63) is 119 Å². The molecule has 4 aliphatic rings. The molecule has 1 unspecified atom stereocenters. The predicted octanol–water partition coefficient (Wildman–Crippen LogP) is 8.55. The number of thioether (sulfide) groups is 1. The van der Waals surface area contributed by atoms with E-state index in [4.69, 9.17) is 16.3 Å². The van der Waals surface area contributed by atoms with E-state index in [0.717, 1.165) is 93.1 Å². The highest BCUT2D eigenvalue weighted by Crippen LogP contribution is 2.44. The molecule has 4 aromatic rings. The van der Waals surface area contributed by atoms with E-state index < -0.39 is 58.9 Å². The van der Waals surface area contributed by atoms with Gasteiger partial charge in [0.2, 0.25) is 0 Å². The van der Waals surface area contributed by atoms with Crippen LogP contribution in [0.4, 0.5) is 29.3 Å². The minimum Gasteiger partial charge on any atom is -0.465 e. The number of piperidine rings is 1. The van der Waals surface area contributed by atoms with Gasteiger partial charge in [0.05, 0.1) is 23.8 Å². The molecule has 3 saturated heterocycles. The summed E-state index contributed by atoms with van der Waals surface area (Å²) in [5.74, 6) is -0.689. The average molecular weight is 1120 g/mol. The minimum absolute atomic E-state index is 0.0000740. The van der Waals surface area contributed by atoms with Crippen LogP contribution in [0, 0.1) is 5.41 Å². The maximum absolute atomic E-state index is 14.3. The Bertz CT molecular complexity index is 2870. The van der Waals surface area contributed by atoms with Gasteiger partial charge in [-0.25, -0.2) is 26.4 Å². The molecule has 2 amide bonds. The molecule has 0 radical (unpaired) electrons. The summed E-state index contributed by atoms with van der Waals surface area (Å²) >= 11 is 7.73. The van der Waals surface area contributed by atoms with E-state index in [-0.39, 0.29) is 17.0 Å². The molecular weight excluding hydrogens is 1050 g/mol. The van der Waals surface area contributed by atoms with Gasteiger partial charge in [-0.05, 0) is 128 Å². The Labute approximate surface area is 447 Å². The Morgan fingerprint density at radius 1 is 0.880 bits per heavy atom. The molecule has 0 aromatic heterocycles. The summed E-state index contributed by atoms with van der Waals surface area (Å²) in [4.78, 5) is 32.9. The number of sulfone groups is 1. The first-order valence-corrected chi connectivity index (χ1v) is 29.6. The van der Waals surface area contributed by atoms with Gasteiger partial charge in [0.1, 0.15) is 4.90 Å². The lowest BCUT2D eigenvalue weighted by molar-refractivity contribution is -0.0436. The molecule has 75 heavy (non-hydrogen) atoms. The first-order chi connectivity index (χ1) is 35.7. The Kier molecular flexibility index (Phi) is 18.5. The smallest absolute Gasteiger partial charge is 0.465 e. The number of amides is 2. The van der Waals surface area contributed by atoms with Gasteiger partial charge in [0.25, 0.3) is 25.8 Å².